The Bertz CT molecular complexity index is 1230. The molecule has 0 unspecified atom stereocenters. The molecule has 1 aromatic carbocycles. The zero-order chi connectivity index (χ0) is 23.0. The summed E-state index contributed by atoms with van der Waals surface area (Å²) in [7, 11) is 0. The standard InChI is InChI=1S/C22H23N5O3S2/c1-5-22(15-9-7-6-8-10-15)20(29)27(21(30)25-22)26-16(28)11-31-18-17-12(2)13(3)32-19(17)24-14(4)23-18/h6-10H,5,11H2,1-4H3,(H,25,30)(H,26,28)/t22-/m1/s1. The number of benzene rings is 1. The van der Waals surface area contributed by atoms with E-state index in [1.54, 1.807) is 23.5 Å². The molecule has 2 N–H and O–H groups in total. The number of nitrogens with one attached hydrogen (secondary N) is 2. The minimum atomic E-state index is -1.19. The predicted octanol–water partition coefficient (Wildman–Crippen LogP) is 3.60. The normalized spacial score (nSPS) is 18.3. The van der Waals surface area contributed by atoms with Crippen LogP contribution in [-0.2, 0) is 15.1 Å². The molecule has 0 bridgehead atoms. The highest BCUT2D eigenvalue weighted by atomic mass is 32.2. The molecule has 32 heavy (non-hydrogen) atoms. The van der Waals surface area contributed by atoms with E-state index in [1.807, 2.05) is 45.9 Å². The van der Waals surface area contributed by atoms with Crippen molar-refractivity contribution in [2.24, 2.45) is 0 Å². The van der Waals surface area contributed by atoms with E-state index in [9.17, 15) is 14.4 Å². The number of amides is 4. The fourth-order valence-corrected chi connectivity index (χ4v) is 5.81. The fourth-order valence-electron chi connectivity index (χ4n) is 3.75. The Morgan fingerprint density at radius 3 is 2.59 bits per heavy atom. The van der Waals surface area contributed by atoms with Gasteiger partial charge in [0.05, 0.1) is 5.75 Å². The van der Waals surface area contributed by atoms with E-state index < -0.39 is 23.4 Å². The quantitative estimate of drug-likeness (QED) is 0.325. The first-order valence-electron chi connectivity index (χ1n) is 10.2. The smallest absolute Gasteiger partial charge is 0.318 e. The van der Waals surface area contributed by atoms with Gasteiger partial charge in [-0.05, 0) is 38.3 Å². The molecule has 1 saturated heterocycles. The Kier molecular flexibility index (Phi) is 5.91. The molecule has 2 aromatic heterocycles. The highest BCUT2D eigenvalue weighted by Crippen LogP contribution is 2.35. The molecule has 3 heterocycles. The van der Waals surface area contributed by atoms with E-state index in [1.165, 1.54) is 11.8 Å². The maximum Gasteiger partial charge on any atom is 0.344 e. The second kappa shape index (κ2) is 8.51. The number of imide groups is 1. The molecule has 8 nitrogen and oxygen atoms in total. The van der Waals surface area contributed by atoms with Gasteiger partial charge in [0.1, 0.15) is 21.2 Å². The van der Waals surface area contributed by atoms with E-state index in [4.69, 9.17) is 0 Å². The zero-order valence-corrected chi connectivity index (χ0v) is 19.8. The Hall–Kier alpha value is -2.98. The zero-order valence-electron chi connectivity index (χ0n) is 18.2. The van der Waals surface area contributed by atoms with Crippen molar-refractivity contribution in [3.05, 3.63) is 52.2 Å². The number of carbonyl (C=O) groups is 3. The van der Waals surface area contributed by atoms with Crippen LogP contribution in [0.4, 0.5) is 4.79 Å². The number of aromatic nitrogens is 2. The number of urea groups is 1. The third-order valence-electron chi connectivity index (χ3n) is 5.57. The largest absolute Gasteiger partial charge is 0.344 e. The molecule has 166 valence electrons. The van der Waals surface area contributed by atoms with E-state index in [0.717, 1.165) is 25.7 Å². The number of aryl methyl sites for hydroxylation is 3. The monoisotopic (exact) mass is 469 g/mol. The van der Waals surface area contributed by atoms with Gasteiger partial charge in [0.15, 0.2) is 0 Å². The molecule has 3 aromatic rings. The van der Waals surface area contributed by atoms with E-state index in [2.05, 4.69) is 20.7 Å². The Balaban J connectivity index is 1.50. The SMILES string of the molecule is CC[C@]1(c2ccccc2)NC(=O)N(NC(=O)CSc2nc(C)nc3sc(C)c(C)c23)C1=O. The van der Waals surface area contributed by atoms with E-state index in [-0.39, 0.29) is 5.75 Å². The van der Waals surface area contributed by atoms with Crippen LogP contribution >= 0.6 is 23.1 Å². The molecule has 4 rings (SSSR count). The summed E-state index contributed by atoms with van der Waals surface area (Å²) < 4.78 is 0. The van der Waals surface area contributed by atoms with Crippen LogP contribution in [0.25, 0.3) is 10.2 Å². The van der Waals surface area contributed by atoms with Gasteiger partial charge in [0.2, 0.25) is 5.91 Å². The van der Waals surface area contributed by atoms with Crippen molar-refractivity contribution in [2.45, 2.75) is 44.7 Å². The molecule has 0 radical (unpaired) electrons. The van der Waals surface area contributed by atoms with Crippen molar-refractivity contribution >= 4 is 51.2 Å². The van der Waals surface area contributed by atoms with Crippen LogP contribution in [0, 0.1) is 20.8 Å². The summed E-state index contributed by atoms with van der Waals surface area (Å²) in [5.41, 5.74) is 3.04. The maximum atomic E-state index is 13.1. The van der Waals surface area contributed by atoms with Gasteiger partial charge in [-0.25, -0.2) is 14.8 Å². The molecule has 1 aliphatic heterocycles. The molecule has 0 saturated carbocycles. The van der Waals surface area contributed by atoms with Crippen LogP contribution in [-0.4, -0.2) is 38.6 Å². The molecule has 4 amide bonds. The highest BCUT2D eigenvalue weighted by Gasteiger charge is 2.52. The third-order valence-corrected chi connectivity index (χ3v) is 7.65. The lowest BCUT2D eigenvalue weighted by molar-refractivity contribution is -0.138. The summed E-state index contributed by atoms with van der Waals surface area (Å²) in [6.07, 6.45) is 0.359. The number of hydrogen-bond acceptors (Lipinski definition) is 7. The Morgan fingerprint density at radius 2 is 1.91 bits per heavy atom. The first-order valence-corrected chi connectivity index (χ1v) is 12.0. The molecular weight excluding hydrogens is 446 g/mol. The lowest BCUT2D eigenvalue weighted by Gasteiger charge is -2.25. The van der Waals surface area contributed by atoms with Crippen LogP contribution < -0.4 is 10.7 Å². The van der Waals surface area contributed by atoms with Gasteiger partial charge in [-0.2, -0.15) is 5.01 Å². The fraction of sp³-hybridized carbons (Fsp3) is 0.318. The van der Waals surface area contributed by atoms with Crippen LogP contribution in [0.5, 0.6) is 0 Å². The molecule has 1 fully saturated rings. The summed E-state index contributed by atoms with van der Waals surface area (Å²) in [4.78, 5) is 49.4. The maximum absolute atomic E-state index is 13.1. The van der Waals surface area contributed by atoms with Gasteiger partial charge in [-0.3, -0.25) is 15.0 Å². The topological polar surface area (TPSA) is 104 Å². The van der Waals surface area contributed by atoms with Crippen LogP contribution in [0.15, 0.2) is 35.4 Å². The third kappa shape index (κ3) is 3.73. The number of rotatable bonds is 6. The van der Waals surface area contributed by atoms with Crippen molar-refractivity contribution in [3.63, 3.8) is 0 Å². The lowest BCUT2D eigenvalue weighted by Crippen LogP contribution is -2.49. The first kappa shape index (κ1) is 22.2. The summed E-state index contributed by atoms with van der Waals surface area (Å²) in [5, 5.41) is 5.19. The minimum Gasteiger partial charge on any atom is -0.318 e. The van der Waals surface area contributed by atoms with Crippen molar-refractivity contribution in [3.8, 4) is 0 Å². The average Bonchev–Trinajstić information content (AvgIpc) is 3.20. The summed E-state index contributed by atoms with van der Waals surface area (Å²) >= 11 is 2.86. The Labute approximate surface area is 193 Å². The van der Waals surface area contributed by atoms with Gasteiger partial charge >= 0.3 is 6.03 Å². The number of hydrazine groups is 1. The summed E-state index contributed by atoms with van der Waals surface area (Å²) in [5.74, 6) is -0.334. The molecular formula is C22H23N5O3S2. The van der Waals surface area contributed by atoms with Gasteiger partial charge in [-0.15, -0.1) is 11.3 Å². The number of nitrogens with zero attached hydrogens (tertiary/aromatic N) is 3. The first-order chi connectivity index (χ1) is 15.3. The molecule has 1 aliphatic rings. The molecule has 0 spiro atoms. The number of fused-ring (bicyclic) bond motifs is 1. The minimum absolute atomic E-state index is 0.00140. The molecule has 0 aliphatic carbocycles. The highest BCUT2D eigenvalue weighted by molar-refractivity contribution is 8.00. The van der Waals surface area contributed by atoms with Crippen LogP contribution in [0.3, 0.4) is 0 Å². The number of hydrogen-bond donors (Lipinski definition) is 2. The van der Waals surface area contributed by atoms with Crippen molar-refractivity contribution in [1.82, 2.24) is 25.7 Å². The van der Waals surface area contributed by atoms with E-state index >= 15 is 0 Å². The van der Waals surface area contributed by atoms with Gasteiger partial charge < -0.3 is 5.32 Å². The summed E-state index contributed by atoms with van der Waals surface area (Å²) in [6.45, 7) is 7.68. The number of carbonyl (C=O) groups excluding carboxylic acids is 3. The number of thioether (sulfide) groups is 1. The van der Waals surface area contributed by atoms with E-state index in [0.29, 0.717) is 22.8 Å². The van der Waals surface area contributed by atoms with Gasteiger partial charge in [0.25, 0.3) is 5.91 Å². The van der Waals surface area contributed by atoms with Gasteiger partial charge in [-0.1, -0.05) is 49.0 Å². The second-order valence-electron chi connectivity index (χ2n) is 7.56. The van der Waals surface area contributed by atoms with Crippen LogP contribution in [0.1, 0.15) is 35.2 Å². The lowest BCUT2D eigenvalue weighted by atomic mass is 9.87. The molecule has 10 heteroatoms. The van der Waals surface area contributed by atoms with Crippen LogP contribution in [0.2, 0.25) is 0 Å². The average molecular weight is 470 g/mol. The van der Waals surface area contributed by atoms with Crippen molar-refractivity contribution < 1.29 is 14.4 Å². The number of thiophene rings is 1. The Morgan fingerprint density at radius 1 is 1.19 bits per heavy atom. The second-order valence-corrected chi connectivity index (χ2v) is 9.73. The van der Waals surface area contributed by atoms with Crippen molar-refractivity contribution in [1.29, 1.82) is 0 Å². The molecule has 1 atom stereocenters. The van der Waals surface area contributed by atoms with Crippen molar-refractivity contribution in [2.75, 3.05) is 5.75 Å². The van der Waals surface area contributed by atoms with Gasteiger partial charge in [0, 0.05) is 10.3 Å². The summed E-state index contributed by atoms with van der Waals surface area (Å²) in [6, 6.07) is 8.38. The predicted molar refractivity (Wildman–Crippen MR) is 124 cm³/mol.